The Morgan fingerprint density at radius 2 is 2.00 bits per heavy atom. The van der Waals surface area contributed by atoms with Gasteiger partial charge in [-0.2, -0.15) is 0 Å². The summed E-state index contributed by atoms with van der Waals surface area (Å²) in [6, 6.07) is 5.84. The lowest BCUT2D eigenvalue weighted by Crippen LogP contribution is -2.40. The molecule has 0 bridgehead atoms. The van der Waals surface area contributed by atoms with E-state index in [2.05, 4.69) is 10.2 Å². The number of ether oxygens (including phenoxy) is 1. The average molecular weight is 359 g/mol. The van der Waals surface area contributed by atoms with Crippen LogP contribution in [0.2, 0.25) is 0 Å². The van der Waals surface area contributed by atoms with Gasteiger partial charge in [0, 0.05) is 26.1 Å². The van der Waals surface area contributed by atoms with E-state index in [9.17, 15) is 9.59 Å². The fraction of sp³-hybridized carbons (Fsp3) is 0.600. The van der Waals surface area contributed by atoms with Crippen LogP contribution < -0.4 is 15.0 Å². The summed E-state index contributed by atoms with van der Waals surface area (Å²) in [5.41, 5.74) is 1.90. The molecule has 2 aliphatic heterocycles. The number of anilines is 1. The van der Waals surface area contributed by atoms with Gasteiger partial charge < -0.3 is 19.9 Å². The number of likely N-dealkylation sites (tertiary alicyclic amines) is 1. The summed E-state index contributed by atoms with van der Waals surface area (Å²) in [4.78, 5) is 28.4. The van der Waals surface area contributed by atoms with Gasteiger partial charge in [-0.25, -0.2) is 0 Å². The molecule has 3 rings (SSSR count). The van der Waals surface area contributed by atoms with Crippen molar-refractivity contribution in [3.63, 3.8) is 0 Å². The quantitative estimate of drug-likeness (QED) is 0.810. The molecule has 6 heteroatoms. The molecule has 2 amide bonds. The summed E-state index contributed by atoms with van der Waals surface area (Å²) in [6.45, 7) is 6.53. The number of hydrogen-bond donors (Lipinski definition) is 1. The summed E-state index contributed by atoms with van der Waals surface area (Å²) in [5, 5.41) is 3.00. The van der Waals surface area contributed by atoms with Crippen LogP contribution in [0.15, 0.2) is 18.2 Å². The first-order chi connectivity index (χ1) is 12.6. The van der Waals surface area contributed by atoms with Gasteiger partial charge in [0.25, 0.3) is 5.91 Å². The number of amides is 2. The molecule has 0 atom stereocenters. The van der Waals surface area contributed by atoms with Crippen LogP contribution in [0.3, 0.4) is 0 Å². The van der Waals surface area contributed by atoms with E-state index >= 15 is 0 Å². The molecule has 1 saturated heterocycles. The minimum atomic E-state index is -0.0476. The molecule has 0 saturated carbocycles. The van der Waals surface area contributed by atoms with Crippen molar-refractivity contribution < 1.29 is 14.3 Å². The van der Waals surface area contributed by atoms with Gasteiger partial charge in [-0.15, -0.1) is 0 Å². The van der Waals surface area contributed by atoms with Gasteiger partial charge >= 0.3 is 0 Å². The maximum absolute atomic E-state index is 12.2. The Morgan fingerprint density at radius 1 is 1.19 bits per heavy atom. The minimum Gasteiger partial charge on any atom is -0.482 e. The molecule has 1 N–H and O–H groups in total. The monoisotopic (exact) mass is 359 g/mol. The number of fused-ring (bicyclic) bond motifs is 1. The number of nitrogens with one attached hydrogen (secondary N) is 1. The molecule has 142 valence electrons. The average Bonchev–Trinajstić information content (AvgIpc) is 2.64. The van der Waals surface area contributed by atoms with E-state index in [1.54, 1.807) is 4.90 Å². The van der Waals surface area contributed by atoms with Crippen LogP contribution in [0.4, 0.5) is 5.69 Å². The minimum absolute atomic E-state index is 0.0476. The van der Waals surface area contributed by atoms with Crippen LogP contribution in [0.5, 0.6) is 5.75 Å². The second-order valence-corrected chi connectivity index (χ2v) is 7.16. The zero-order valence-electron chi connectivity index (χ0n) is 15.6. The van der Waals surface area contributed by atoms with Crippen LogP contribution in [-0.2, 0) is 9.59 Å². The van der Waals surface area contributed by atoms with Gasteiger partial charge in [0.2, 0.25) is 5.91 Å². The number of hydrogen-bond acceptors (Lipinski definition) is 4. The molecule has 0 unspecified atom stereocenters. The topological polar surface area (TPSA) is 61.9 Å². The van der Waals surface area contributed by atoms with Crippen molar-refractivity contribution >= 4 is 17.5 Å². The fourth-order valence-electron chi connectivity index (χ4n) is 3.58. The third-order valence-electron chi connectivity index (χ3n) is 5.04. The highest BCUT2D eigenvalue weighted by molar-refractivity contribution is 5.97. The van der Waals surface area contributed by atoms with E-state index in [1.165, 1.54) is 19.3 Å². The third-order valence-corrected chi connectivity index (χ3v) is 5.04. The fourth-order valence-corrected chi connectivity index (χ4v) is 3.58. The highest BCUT2D eigenvalue weighted by Gasteiger charge is 2.25. The van der Waals surface area contributed by atoms with Gasteiger partial charge in [0.05, 0.1) is 5.69 Å². The predicted octanol–water partition coefficient (Wildman–Crippen LogP) is 2.10. The maximum atomic E-state index is 12.2. The van der Waals surface area contributed by atoms with E-state index in [4.69, 9.17) is 4.74 Å². The molecule has 0 aromatic heterocycles. The van der Waals surface area contributed by atoms with Crippen molar-refractivity contribution in [2.75, 3.05) is 44.2 Å². The Kier molecular flexibility index (Phi) is 6.50. The van der Waals surface area contributed by atoms with Crippen molar-refractivity contribution in [1.82, 2.24) is 10.2 Å². The Morgan fingerprint density at radius 3 is 2.81 bits per heavy atom. The largest absolute Gasteiger partial charge is 0.482 e. The highest BCUT2D eigenvalue weighted by atomic mass is 16.5. The predicted molar refractivity (Wildman–Crippen MR) is 102 cm³/mol. The number of rotatable bonds is 7. The summed E-state index contributed by atoms with van der Waals surface area (Å²) in [6.07, 6.45) is 4.94. The van der Waals surface area contributed by atoms with Gasteiger partial charge in [-0.3, -0.25) is 9.59 Å². The number of benzene rings is 1. The summed E-state index contributed by atoms with van der Waals surface area (Å²) in [7, 11) is 0. The first-order valence-corrected chi connectivity index (χ1v) is 9.66. The van der Waals surface area contributed by atoms with E-state index in [0.29, 0.717) is 25.9 Å². The third kappa shape index (κ3) is 4.97. The van der Waals surface area contributed by atoms with Gasteiger partial charge in [-0.05, 0) is 57.0 Å². The summed E-state index contributed by atoms with van der Waals surface area (Å²) >= 11 is 0. The van der Waals surface area contributed by atoms with Crippen LogP contribution >= 0.6 is 0 Å². The molecule has 0 aliphatic carbocycles. The molecule has 0 radical (unpaired) electrons. The zero-order valence-corrected chi connectivity index (χ0v) is 15.6. The maximum Gasteiger partial charge on any atom is 0.265 e. The zero-order chi connectivity index (χ0) is 18.4. The molecule has 1 aromatic carbocycles. The van der Waals surface area contributed by atoms with E-state index in [1.807, 2.05) is 25.1 Å². The molecule has 6 nitrogen and oxygen atoms in total. The Labute approximate surface area is 155 Å². The number of carbonyl (C=O) groups is 2. The molecule has 1 aromatic rings. The highest BCUT2D eigenvalue weighted by Crippen LogP contribution is 2.32. The van der Waals surface area contributed by atoms with Gasteiger partial charge in [0.15, 0.2) is 6.61 Å². The Balaban J connectivity index is 1.41. The van der Waals surface area contributed by atoms with Crippen molar-refractivity contribution in [1.29, 1.82) is 0 Å². The molecule has 2 heterocycles. The summed E-state index contributed by atoms with van der Waals surface area (Å²) in [5.74, 6) is 0.752. The van der Waals surface area contributed by atoms with Gasteiger partial charge in [-0.1, -0.05) is 12.5 Å². The van der Waals surface area contributed by atoms with Crippen molar-refractivity contribution in [3.05, 3.63) is 23.8 Å². The standard InChI is InChI=1S/C20H29N3O3/c1-16-7-8-18-17(14-16)23(20(25)15-26-18)12-5-6-19(24)21-9-13-22-10-3-2-4-11-22/h7-8,14H,2-6,9-13,15H2,1H3,(H,21,24). The smallest absolute Gasteiger partial charge is 0.265 e. The van der Waals surface area contributed by atoms with E-state index < -0.39 is 0 Å². The molecule has 26 heavy (non-hydrogen) atoms. The van der Waals surface area contributed by atoms with Crippen LogP contribution in [-0.4, -0.2) is 56.0 Å². The number of carbonyl (C=O) groups excluding carboxylic acids is 2. The second kappa shape index (κ2) is 9.03. The van der Waals surface area contributed by atoms with Crippen LogP contribution in [0, 0.1) is 6.92 Å². The Bertz CT molecular complexity index is 641. The SMILES string of the molecule is Cc1ccc2c(c1)N(CCCC(=O)NCCN1CCCCC1)C(=O)CO2. The van der Waals surface area contributed by atoms with E-state index in [-0.39, 0.29) is 18.4 Å². The molecular weight excluding hydrogens is 330 g/mol. The van der Waals surface area contributed by atoms with E-state index in [0.717, 1.165) is 36.6 Å². The lowest BCUT2D eigenvalue weighted by molar-refractivity contribution is -0.122. The number of aryl methyl sites for hydroxylation is 1. The normalized spacial score (nSPS) is 17.6. The lowest BCUT2D eigenvalue weighted by Gasteiger charge is -2.29. The van der Waals surface area contributed by atoms with Gasteiger partial charge in [0.1, 0.15) is 5.75 Å². The lowest BCUT2D eigenvalue weighted by atomic mass is 10.1. The number of piperidine rings is 1. The second-order valence-electron chi connectivity index (χ2n) is 7.16. The van der Waals surface area contributed by atoms with Crippen molar-refractivity contribution in [2.24, 2.45) is 0 Å². The molecular formula is C20H29N3O3. The molecule has 2 aliphatic rings. The molecule has 0 spiro atoms. The molecule has 1 fully saturated rings. The first-order valence-electron chi connectivity index (χ1n) is 9.66. The Hall–Kier alpha value is -2.08. The first kappa shape index (κ1) is 18.7. The van der Waals surface area contributed by atoms with Crippen molar-refractivity contribution in [3.8, 4) is 5.75 Å². The van der Waals surface area contributed by atoms with Crippen LogP contribution in [0.1, 0.15) is 37.7 Å². The van der Waals surface area contributed by atoms with Crippen molar-refractivity contribution in [2.45, 2.75) is 39.0 Å². The summed E-state index contributed by atoms with van der Waals surface area (Å²) < 4.78 is 5.48. The number of nitrogens with zero attached hydrogens (tertiary/aromatic N) is 2. The van der Waals surface area contributed by atoms with Crippen LogP contribution in [0.25, 0.3) is 0 Å².